The van der Waals surface area contributed by atoms with Crippen molar-refractivity contribution in [1.82, 2.24) is 10.4 Å². The van der Waals surface area contributed by atoms with Crippen LogP contribution in [0.2, 0.25) is 0 Å². The molecule has 1 aromatic carbocycles. The van der Waals surface area contributed by atoms with Gasteiger partial charge in [-0.05, 0) is 37.1 Å². The standard InChI is InChI=1S/C13H16F3N3O/c14-13(15,16)10-4-6-11(7-5-10)18-12(20)19-9-3-1-2-8-17-19/h4-7,17H,1-3,8-9H2,(H,18,20). The number of amides is 2. The molecule has 2 N–H and O–H groups in total. The minimum Gasteiger partial charge on any atom is -0.307 e. The number of hydrazine groups is 1. The van der Waals surface area contributed by atoms with Crippen molar-refractivity contribution < 1.29 is 18.0 Å². The second kappa shape index (κ2) is 6.13. The highest BCUT2D eigenvalue weighted by atomic mass is 19.4. The molecule has 0 aromatic heterocycles. The third-order valence-corrected chi connectivity index (χ3v) is 3.07. The van der Waals surface area contributed by atoms with Gasteiger partial charge in [-0.25, -0.2) is 10.2 Å². The Bertz CT molecular complexity index is 451. The third-order valence-electron chi connectivity index (χ3n) is 3.07. The summed E-state index contributed by atoms with van der Waals surface area (Å²) in [6.07, 6.45) is -1.40. The van der Waals surface area contributed by atoms with Gasteiger partial charge in [-0.15, -0.1) is 0 Å². The maximum absolute atomic E-state index is 12.4. The lowest BCUT2D eigenvalue weighted by atomic mass is 10.2. The van der Waals surface area contributed by atoms with Crippen LogP contribution in [0.5, 0.6) is 0 Å². The quantitative estimate of drug-likeness (QED) is 0.833. The third kappa shape index (κ3) is 3.86. The van der Waals surface area contributed by atoms with Gasteiger partial charge in [0.2, 0.25) is 0 Å². The van der Waals surface area contributed by atoms with E-state index in [0.717, 1.165) is 37.9 Å². The van der Waals surface area contributed by atoms with E-state index in [-0.39, 0.29) is 6.03 Å². The van der Waals surface area contributed by atoms with Crippen LogP contribution < -0.4 is 10.7 Å². The van der Waals surface area contributed by atoms with E-state index in [1.165, 1.54) is 17.1 Å². The molecule has 1 saturated heterocycles. The maximum atomic E-state index is 12.4. The van der Waals surface area contributed by atoms with Crippen LogP contribution in [-0.2, 0) is 6.18 Å². The highest BCUT2D eigenvalue weighted by Gasteiger charge is 2.30. The Hall–Kier alpha value is -1.76. The predicted octanol–water partition coefficient (Wildman–Crippen LogP) is 3.23. The number of hydrogen-bond donors (Lipinski definition) is 2. The van der Waals surface area contributed by atoms with E-state index in [1.807, 2.05) is 0 Å². The van der Waals surface area contributed by atoms with Crippen LogP contribution in [-0.4, -0.2) is 24.1 Å². The molecule has 0 atom stereocenters. The molecule has 4 nitrogen and oxygen atoms in total. The van der Waals surface area contributed by atoms with Crippen molar-refractivity contribution in [2.45, 2.75) is 25.4 Å². The average Bonchev–Trinajstić information content (AvgIpc) is 2.67. The van der Waals surface area contributed by atoms with Crippen LogP contribution in [0.1, 0.15) is 24.8 Å². The lowest BCUT2D eigenvalue weighted by molar-refractivity contribution is -0.137. The molecular weight excluding hydrogens is 271 g/mol. The Morgan fingerprint density at radius 3 is 2.50 bits per heavy atom. The van der Waals surface area contributed by atoms with E-state index in [1.54, 1.807) is 0 Å². The Balaban J connectivity index is 1.97. The molecule has 1 fully saturated rings. The Morgan fingerprint density at radius 2 is 1.85 bits per heavy atom. The zero-order chi connectivity index (χ0) is 14.6. The molecule has 20 heavy (non-hydrogen) atoms. The maximum Gasteiger partial charge on any atom is 0.416 e. The number of halogens is 3. The summed E-state index contributed by atoms with van der Waals surface area (Å²) in [6.45, 7) is 1.31. The van der Waals surface area contributed by atoms with Crippen LogP contribution in [0, 0.1) is 0 Å². The van der Waals surface area contributed by atoms with Crippen LogP contribution in [0.25, 0.3) is 0 Å². The number of alkyl halides is 3. The number of urea groups is 1. The molecule has 2 rings (SSSR count). The zero-order valence-corrected chi connectivity index (χ0v) is 10.8. The Morgan fingerprint density at radius 1 is 1.15 bits per heavy atom. The molecular formula is C13H16F3N3O. The van der Waals surface area contributed by atoms with Crippen molar-refractivity contribution in [2.24, 2.45) is 0 Å². The van der Waals surface area contributed by atoms with Gasteiger partial charge in [0, 0.05) is 18.8 Å². The number of carbonyl (C=O) groups excluding carboxylic acids is 1. The molecule has 1 aromatic rings. The van der Waals surface area contributed by atoms with Crippen molar-refractivity contribution in [3.8, 4) is 0 Å². The van der Waals surface area contributed by atoms with E-state index in [0.29, 0.717) is 12.2 Å². The predicted molar refractivity (Wildman–Crippen MR) is 69.0 cm³/mol. The summed E-state index contributed by atoms with van der Waals surface area (Å²) in [4.78, 5) is 11.9. The largest absolute Gasteiger partial charge is 0.416 e. The fraction of sp³-hybridized carbons (Fsp3) is 0.462. The minimum atomic E-state index is -4.37. The molecule has 7 heteroatoms. The van der Waals surface area contributed by atoms with Crippen molar-refractivity contribution in [2.75, 3.05) is 18.4 Å². The summed E-state index contributed by atoms with van der Waals surface area (Å²) >= 11 is 0. The number of nitrogens with zero attached hydrogens (tertiary/aromatic N) is 1. The van der Waals surface area contributed by atoms with Gasteiger partial charge in [0.1, 0.15) is 0 Å². The molecule has 0 spiro atoms. The first kappa shape index (κ1) is 14.6. The molecule has 1 heterocycles. The van der Waals surface area contributed by atoms with Crippen LogP contribution in [0.4, 0.5) is 23.7 Å². The van der Waals surface area contributed by atoms with Gasteiger partial charge in [-0.2, -0.15) is 13.2 Å². The van der Waals surface area contributed by atoms with Crippen LogP contribution in [0.15, 0.2) is 24.3 Å². The summed E-state index contributed by atoms with van der Waals surface area (Å²) in [5.41, 5.74) is 2.59. The average molecular weight is 287 g/mol. The molecule has 0 radical (unpaired) electrons. The zero-order valence-electron chi connectivity index (χ0n) is 10.8. The van der Waals surface area contributed by atoms with Gasteiger partial charge >= 0.3 is 12.2 Å². The van der Waals surface area contributed by atoms with Crippen molar-refractivity contribution in [3.63, 3.8) is 0 Å². The molecule has 0 bridgehead atoms. The topological polar surface area (TPSA) is 44.4 Å². The van der Waals surface area contributed by atoms with Gasteiger partial charge in [0.05, 0.1) is 5.56 Å². The number of nitrogens with one attached hydrogen (secondary N) is 2. The van der Waals surface area contributed by atoms with E-state index >= 15 is 0 Å². The summed E-state index contributed by atoms with van der Waals surface area (Å²) in [5, 5.41) is 4.04. The van der Waals surface area contributed by atoms with Crippen LogP contribution in [0.3, 0.4) is 0 Å². The summed E-state index contributed by atoms with van der Waals surface area (Å²) in [7, 11) is 0. The van der Waals surface area contributed by atoms with Gasteiger partial charge in [0.15, 0.2) is 0 Å². The fourth-order valence-corrected chi connectivity index (χ4v) is 1.97. The van der Waals surface area contributed by atoms with Gasteiger partial charge < -0.3 is 5.32 Å². The van der Waals surface area contributed by atoms with Crippen molar-refractivity contribution in [1.29, 1.82) is 0 Å². The first-order chi connectivity index (χ1) is 9.47. The molecule has 0 saturated carbocycles. The first-order valence-corrected chi connectivity index (χ1v) is 6.46. The van der Waals surface area contributed by atoms with Gasteiger partial charge in [-0.3, -0.25) is 5.01 Å². The number of hydrogen-bond acceptors (Lipinski definition) is 2. The second-order valence-corrected chi connectivity index (χ2v) is 4.63. The SMILES string of the molecule is O=C(Nc1ccc(C(F)(F)F)cc1)N1CCCCCN1. The Kier molecular flexibility index (Phi) is 4.49. The summed E-state index contributed by atoms with van der Waals surface area (Å²) < 4.78 is 37.2. The fourth-order valence-electron chi connectivity index (χ4n) is 1.97. The lowest BCUT2D eigenvalue weighted by Gasteiger charge is -2.21. The summed E-state index contributed by atoms with van der Waals surface area (Å²) in [5.74, 6) is 0. The van der Waals surface area contributed by atoms with E-state index in [2.05, 4.69) is 10.7 Å². The minimum absolute atomic E-state index is 0.342. The van der Waals surface area contributed by atoms with Gasteiger partial charge in [0.25, 0.3) is 0 Å². The molecule has 0 aliphatic carbocycles. The monoisotopic (exact) mass is 287 g/mol. The molecule has 2 amide bonds. The first-order valence-electron chi connectivity index (χ1n) is 6.46. The number of anilines is 1. The molecule has 110 valence electrons. The Labute approximate surface area is 114 Å². The molecule has 0 unspecified atom stereocenters. The van der Waals surface area contributed by atoms with E-state index in [9.17, 15) is 18.0 Å². The van der Waals surface area contributed by atoms with Crippen LogP contribution >= 0.6 is 0 Å². The van der Waals surface area contributed by atoms with E-state index in [4.69, 9.17) is 0 Å². The van der Waals surface area contributed by atoms with E-state index < -0.39 is 11.7 Å². The number of carbonyl (C=O) groups is 1. The number of benzene rings is 1. The highest BCUT2D eigenvalue weighted by Crippen LogP contribution is 2.29. The normalized spacial score (nSPS) is 16.6. The smallest absolute Gasteiger partial charge is 0.307 e. The summed E-state index contributed by atoms with van der Waals surface area (Å²) in [6, 6.07) is 4.04. The van der Waals surface area contributed by atoms with Crippen molar-refractivity contribution in [3.05, 3.63) is 29.8 Å². The second-order valence-electron chi connectivity index (χ2n) is 4.63. The van der Waals surface area contributed by atoms with Gasteiger partial charge in [-0.1, -0.05) is 6.42 Å². The highest BCUT2D eigenvalue weighted by molar-refractivity contribution is 5.89. The molecule has 1 aliphatic heterocycles. The lowest BCUT2D eigenvalue weighted by Crippen LogP contribution is -2.44. The van der Waals surface area contributed by atoms with Crippen molar-refractivity contribution >= 4 is 11.7 Å². The number of rotatable bonds is 1. The molecule has 1 aliphatic rings.